The van der Waals surface area contributed by atoms with Crippen molar-refractivity contribution in [2.45, 2.75) is 44.8 Å². The maximum Gasteiger partial charge on any atom is 0.0917 e. The molecule has 1 saturated heterocycles. The van der Waals surface area contributed by atoms with Crippen molar-refractivity contribution in [3.8, 4) is 0 Å². The fraction of sp³-hybridized carbons (Fsp3) is 0.684. The van der Waals surface area contributed by atoms with Crippen LogP contribution in [0.1, 0.15) is 44.3 Å². The minimum absolute atomic E-state index is 0.448. The highest BCUT2D eigenvalue weighted by Gasteiger charge is 2.27. The summed E-state index contributed by atoms with van der Waals surface area (Å²) in [6, 6.07) is 8.37. The summed E-state index contributed by atoms with van der Waals surface area (Å²) in [7, 11) is 0. The Labute approximate surface area is 145 Å². The van der Waals surface area contributed by atoms with Gasteiger partial charge in [0.2, 0.25) is 0 Å². The molecule has 1 heterocycles. The highest BCUT2D eigenvalue weighted by Crippen LogP contribution is 2.28. The zero-order chi connectivity index (χ0) is 16.2. The topological polar surface area (TPSA) is 26.7 Å². The minimum atomic E-state index is -0.448. The average molecular weight is 337 g/mol. The van der Waals surface area contributed by atoms with E-state index in [-0.39, 0.29) is 0 Å². The van der Waals surface area contributed by atoms with E-state index in [1.54, 1.807) is 0 Å². The smallest absolute Gasteiger partial charge is 0.0917 e. The van der Waals surface area contributed by atoms with E-state index in [9.17, 15) is 5.11 Å². The Hall–Kier alpha value is -0.610. The van der Waals surface area contributed by atoms with Gasteiger partial charge in [-0.3, -0.25) is 9.80 Å². The summed E-state index contributed by atoms with van der Waals surface area (Å²) in [6.07, 6.45) is 5.06. The SMILES string of the molecule is CC1CCC(N2CCN(CC(O)c3cccc(Cl)c3)CC2)CC1. The molecule has 23 heavy (non-hydrogen) atoms. The van der Waals surface area contributed by atoms with Gasteiger partial charge in [-0.15, -0.1) is 0 Å². The van der Waals surface area contributed by atoms with Gasteiger partial charge in [-0.25, -0.2) is 0 Å². The van der Waals surface area contributed by atoms with Crippen molar-refractivity contribution >= 4 is 11.6 Å². The third-order valence-electron chi connectivity index (χ3n) is 5.57. The molecule has 4 heteroatoms. The van der Waals surface area contributed by atoms with Crippen LogP contribution in [0.15, 0.2) is 24.3 Å². The van der Waals surface area contributed by atoms with E-state index in [2.05, 4.69) is 16.7 Å². The maximum atomic E-state index is 10.4. The van der Waals surface area contributed by atoms with Crippen LogP contribution in [0, 0.1) is 5.92 Å². The molecule has 3 rings (SSSR count). The molecule has 0 aromatic heterocycles. The van der Waals surface area contributed by atoms with Gasteiger partial charge in [0, 0.05) is 43.8 Å². The lowest BCUT2D eigenvalue weighted by Gasteiger charge is -2.42. The fourth-order valence-corrected chi connectivity index (χ4v) is 4.18. The Morgan fingerprint density at radius 2 is 1.83 bits per heavy atom. The predicted octanol–water partition coefficient (Wildman–Crippen LogP) is 3.57. The van der Waals surface area contributed by atoms with Crippen LogP contribution in [0.4, 0.5) is 0 Å². The zero-order valence-corrected chi connectivity index (χ0v) is 14.9. The molecule has 0 bridgehead atoms. The van der Waals surface area contributed by atoms with E-state index in [0.717, 1.165) is 43.7 Å². The van der Waals surface area contributed by atoms with Crippen LogP contribution >= 0.6 is 11.6 Å². The standard InChI is InChI=1S/C19H29ClN2O/c1-15-5-7-18(8-6-15)22-11-9-21(10-12-22)14-19(23)16-3-2-4-17(20)13-16/h2-4,13,15,18-19,23H,5-12,14H2,1H3. The lowest BCUT2D eigenvalue weighted by molar-refractivity contribution is 0.0439. The molecule has 0 amide bonds. The molecule has 2 aliphatic rings. The molecule has 1 saturated carbocycles. The van der Waals surface area contributed by atoms with E-state index >= 15 is 0 Å². The molecular weight excluding hydrogens is 308 g/mol. The van der Waals surface area contributed by atoms with Crippen molar-refractivity contribution < 1.29 is 5.11 Å². The number of nitrogens with zero attached hydrogens (tertiary/aromatic N) is 2. The summed E-state index contributed by atoms with van der Waals surface area (Å²) in [6.45, 7) is 7.48. The summed E-state index contributed by atoms with van der Waals surface area (Å²) in [5.41, 5.74) is 0.918. The third kappa shape index (κ3) is 4.69. The molecule has 0 spiro atoms. The van der Waals surface area contributed by atoms with E-state index in [4.69, 9.17) is 11.6 Å². The van der Waals surface area contributed by atoms with Gasteiger partial charge in [-0.05, 0) is 49.3 Å². The second-order valence-corrected chi connectivity index (χ2v) is 7.76. The number of halogens is 1. The number of hydrogen-bond acceptors (Lipinski definition) is 3. The highest BCUT2D eigenvalue weighted by molar-refractivity contribution is 6.30. The van der Waals surface area contributed by atoms with Crippen LogP contribution in [0.3, 0.4) is 0 Å². The van der Waals surface area contributed by atoms with Gasteiger partial charge in [0.1, 0.15) is 0 Å². The van der Waals surface area contributed by atoms with Crippen LogP contribution in [0.2, 0.25) is 5.02 Å². The van der Waals surface area contributed by atoms with Gasteiger partial charge < -0.3 is 5.11 Å². The first-order valence-electron chi connectivity index (χ1n) is 9.02. The van der Waals surface area contributed by atoms with Crippen LogP contribution in [-0.2, 0) is 0 Å². The van der Waals surface area contributed by atoms with Crippen molar-refractivity contribution in [1.29, 1.82) is 0 Å². The number of hydrogen-bond donors (Lipinski definition) is 1. The lowest BCUT2D eigenvalue weighted by atomic mass is 9.86. The molecule has 1 aromatic rings. The predicted molar refractivity (Wildman–Crippen MR) is 95.8 cm³/mol. The Bertz CT molecular complexity index is 494. The summed E-state index contributed by atoms with van der Waals surface area (Å²) in [4.78, 5) is 5.06. The summed E-state index contributed by atoms with van der Waals surface area (Å²) in [5.74, 6) is 0.917. The van der Waals surface area contributed by atoms with E-state index in [1.165, 1.54) is 25.7 Å². The lowest BCUT2D eigenvalue weighted by Crippen LogP contribution is -2.51. The molecule has 1 atom stereocenters. The number of rotatable bonds is 4. The first-order chi connectivity index (χ1) is 11.1. The fourth-order valence-electron chi connectivity index (χ4n) is 3.98. The maximum absolute atomic E-state index is 10.4. The van der Waals surface area contributed by atoms with Crippen molar-refractivity contribution in [1.82, 2.24) is 9.80 Å². The number of aliphatic hydroxyl groups is 1. The first-order valence-corrected chi connectivity index (χ1v) is 9.39. The van der Waals surface area contributed by atoms with Gasteiger partial charge in [-0.1, -0.05) is 30.7 Å². The van der Waals surface area contributed by atoms with Gasteiger partial charge in [-0.2, -0.15) is 0 Å². The van der Waals surface area contributed by atoms with Gasteiger partial charge >= 0.3 is 0 Å². The van der Waals surface area contributed by atoms with Crippen LogP contribution in [-0.4, -0.2) is 53.7 Å². The molecule has 1 N–H and O–H groups in total. The Kier molecular flexibility index (Phi) is 5.97. The normalized spacial score (nSPS) is 28.7. The van der Waals surface area contributed by atoms with Crippen molar-refractivity contribution in [2.75, 3.05) is 32.7 Å². The quantitative estimate of drug-likeness (QED) is 0.910. The van der Waals surface area contributed by atoms with Crippen molar-refractivity contribution in [3.05, 3.63) is 34.9 Å². The van der Waals surface area contributed by atoms with Crippen molar-refractivity contribution in [2.24, 2.45) is 5.92 Å². The van der Waals surface area contributed by atoms with Crippen LogP contribution in [0.25, 0.3) is 0 Å². The molecule has 3 nitrogen and oxygen atoms in total. The van der Waals surface area contributed by atoms with Gasteiger partial charge in [0.05, 0.1) is 6.10 Å². The zero-order valence-electron chi connectivity index (χ0n) is 14.1. The highest BCUT2D eigenvalue weighted by atomic mass is 35.5. The minimum Gasteiger partial charge on any atom is -0.387 e. The number of piperazine rings is 1. The average Bonchev–Trinajstić information content (AvgIpc) is 2.56. The molecule has 1 aliphatic heterocycles. The molecule has 1 aromatic carbocycles. The third-order valence-corrected chi connectivity index (χ3v) is 5.81. The summed E-state index contributed by atoms with van der Waals surface area (Å²) in [5, 5.41) is 11.1. The number of benzene rings is 1. The van der Waals surface area contributed by atoms with E-state index < -0.39 is 6.10 Å². The second kappa shape index (κ2) is 7.98. The molecule has 128 valence electrons. The Balaban J connectivity index is 1.45. The Morgan fingerprint density at radius 1 is 1.13 bits per heavy atom. The molecule has 1 aliphatic carbocycles. The summed E-state index contributed by atoms with van der Waals surface area (Å²) < 4.78 is 0. The van der Waals surface area contributed by atoms with Crippen LogP contribution in [0.5, 0.6) is 0 Å². The van der Waals surface area contributed by atoms with E-state index in [1.807, 2.05) is 24.3 Å². The molecule has 1 unspecified atom stereocenters. The van der Waals surface area contributed by atoms with Crippen LogP contribution < -0.4 is 0 Å². The summed E-state index contributed by atoms with van der Waals surface area (Å²) >= 11 is 6.02. The van der Waals surface area contributed by atoms with Gasteiger partial charge in [0.15, 0.2) is 0 Å². The second-order valence-electron chi connectivity index (χ2n) is 7.32. The first kappa shape index (κ1) is 17.2. The molecule has 2 fully saturated rings. The molecular formula is C19H29ClN2O. The van der Waals surface area contributed by atoms with Crippen molar-refractivity contribution in [3.63, 3.8) is 0 Å². The Morgan fingerprint density at radius 3 is 2.48 bits per heavy atom. The largest absolute Gasteiger partial charge is 0.387 e. The monoisotopic (exact) mass is 336 g/mol. The molecule has 0 radical (unpaired) electrons. The van der Waals surface area contributed by atoms with Gasteiger partial charge in [0.25, 0.3) is 0 Å². The van der Waals surface area contributed by atoms with E-state index in [0.29, 0.717) is 11.6 Å². The number of β-amino-alcohol motifs (C(OH)–C–C–N with tert-alkyl or cyclic N) is 1. The number of aliphatic hydroxyl groups excluding tert-OH is 1.